The van der Waals surface area contributed by atoms with Gasteiger partial charge in [0, 0.05) is 17.9 Å². The molecule has 0 aromatic heterocycles. The summed E-state index contributed by atoms with van der Waals surface area (Å²) >= 11 is 0. The Kier molecular flexibility index (Phi) is 8.45. The Hall–Kier alpha value is -2.90. The topological polar surface area (TPSA) is 105 Å². The first kappa shape index (κ1) is 21.4. The van der Waals surface area contributed by atoms with Crippen LogP contribution in [0, 0.1) is 0 Å². The third-order valence-corrected chi connectivity index (χ3v) is 4.02. The molecular formula is C21H25NO6. The SMILES string of the molecule is CC(=O)c1ccc(NC(=O)O[C@H](CCCO)c2ccc(OCCO)cc2)cc1. The van der Waals surface area contributed by atoms with E-state index < -0.39 is 12.2 Å². The number of aliphatic hydroxyl groups is 2. The van der Waals surface area contributed by atoms with E-state index in [-0.39, 0.29) is 25.6 Å². The van der Waals surface area contributed by atoms with Crippen LogP contribution in [0.15, 0.2) is 48.5 Å². The van der Waals surface area contributed by atoms with Crippen molar-refractivity contribution in [3.8, 4) is 5.75 Å². The summed E-state index contributed by atoms with van der Waals surface area (Å²) in [5, 5.41) is 20.6. The molecule has 0 spiro atoms. The molecule has 1 amide bonds. The van der Waals surface area contributed by atoms with E-state index in [1.165, 1.54) is 6.92 Å². The molecule has 0 unspecified atom stereocenters. The summed E-state index contributed by atoms with van der Waals surface area (Å²) < 4.78 is 10.9. The number of nitrogens with one attached hydrogen (secondary N) is 1. The van der Waals surface area contributed by atoms with Gasteiger partial charge in [-0.3, -0.25) is 10.1 Å². The molecule has 0 fully saturated rings. The van der Waals surface area contributed by atoms with E-state index in [2.05, 4.69) is 5.32 Å². The van der Waals surface area contributed by atoms with Crippen LogP contribution in [0.5, 0.6) is 5.75 Å². The van der Waals surface area contributed by atoms with Crippen molar-refractivity contribution < 1.29 is 29.3 Å². The van der Waals surface area contributed by atoms with Crippen LogP contribution in [0.3, 0.4) is 0 Å². The van der Waals surface area contributed by atoms with Gasteiger partial charge in [-0.25, -0.2) is 4.79 Å². The zero-order valence-electron chi connectivity index (χ0n) is 15.8. The fourth-order valence-electron chi connectivity index (χ4n) is 2.58. The van der Waals surface area contributed by atoms with Crippen LogP contribution >= 0.6 is 0 Å². The highest BCUT2D eigenvalue weighted by Gasteiger charge is 2.17. The van der Waals surface area contributed by atoms with E-state index in [9.17, 15) is 9.59 Å². The van der Waals surface area contributed by atoms with Crippen LogP contribution in [0.2, 0.25) is 0 Å². The second-order valence-corrected chi connectivity index (χ2v) is 6.16. The lowest BCUT2D eigenvalue weighted by molar-refractivity contribution is 0.0993. The largest absolute Gasteiger partial charge is 0.491 e. The summed E-state index contributed by atoms with van der Waals surface area (Å²) in [7, 11) is 0. The van der Waals surface area contributed by atoms with E-state index >= 15 is 0 Å². The highest BCUT2D eigenvalue weighted by molar-refractivity contribution is 5.94. The summed E-state index contributed by atoms with van der Waals surface area (Å²) in [6, 6.07) is 13.6. The number of Topliss-reactive ketones (excluding diaryl/α,β-unsaturated/α-hetero) is 1. The zero-order valence-corrected chi connectivity index (χ0v) is 15.8. The molecule has 150 valence electrons. The number of aliphatic hydroxyl groups excluding tert-OH is 2. The normalized spacial score (nSPS) is 11.5. The molecule has 0 saturated carbocycles. The van der Waals surface area contributed by atoms with Crippen LogP contribution in [-0.2, 0) is 4.74 Å². The quantitative estimate of drug-likeness (QED) is 0.540. The smallest absolute Gasteiger partial charge is 0.412 e. The maximum Gasteiger partial charge on any atom is 0.412 e. The molecule has 0 aliphatic carbocycles. The zero-order chi connectivity index (χ0) is 20.4. The third-order valence-electron chi connectivity index (χ3n) is 4.02. The Morgan fingerprint density at radius 2 is 1.68 bits per heavy atom. The van der Waals surface area contributed by atoms with Gasteiger partial charge < -0.3 is 19.7 Å². The molecule has 2 rings (SSSR count). The first-order valence-electron chi connectivity index (χ1n) is 9.06. The van der Waals surface area contributed by atoms with Gasteiger partial charge in [-0.05, 0) is 61.7 Å². The Labute approximate surface area is 163 Å². The first-order valence-corrected chi connectivity index (χ1v) is 9.06. The van der Waals surface area contributed by atoms with Crippen molar-refractivity contribution in [1.29, 1.82) is 0 Å². The number of carbonyl (C=O) groups is 2. The van der Waals surface area contributed by atoms with Crippen molar-refractivity contribution >= 4 is 17.6 Å². The number of rotatable bonds is 10. The lowest BCUT2D eigenvalue weighted by Crippen LogP contribution is -2.18. The Bertz CT molecular complexity index is 757. The van der Waals surface area contributed by atoms with Gasteiger partial charge >= 0.3 is 6.09 Å². The van der Waals surface area contributed by atoms with E-state index in [4.69, 9.17) is 19.7 Å². The molecule has 3 N–H and O–H groups in total. The van der Waals surface area contributed by atoms with Gasteiger partial charge in [-0.1, -0.05) is 12.1 Å². The van der Waals surface area contributed by atoms with Gasteiger partial charge in [0.05, 0.1) is 6.61 Å². The molecule has 28 heavy (non-hydrogen) atoms. The van der Waals surface area contributed by atoms with Crippen LogP contribution < -0.4 is 10.1 Å². The highest BCUT2D eigenvalue weighted by Crippen LogP contribution is 2.26. The van der Waals surface area contributed by atoms with Crippen LogP contribution in [-0.4, -0.2) is 41.9 Å². The number of hydrogen-bond donors (Lipinski definition) is 3. The standard InChI is InChI=1S/C21H25NO6/c1-15(25)16-4-8-18(9-5-16)22-21(26)28-20(3-2-12-23)17-6-10-19(11-7-17)27-14-13-24/h4-11,20,23-24H,2-3,12-14H2,1H3,(H,22,26)/t20-/m1/s1. The van der Waals surface area contributed by atoms with Crippen LogP contribution in [0.25, 0.3) is 0 Å². The average Bonchev–Trinajstić information content (AvgIpc) is 2.70. The van der Waals surface area contributed by atoms with Crippen LogP contribution in [0.4, 0.5) is 10.5 Å². The summed E-state index contributed by atoms with van der Waals surface area (Å²) in [6.45, 7) is 1.60. The van der Waals surface area contributed by atoms with Gasteiger partial charge in [0.25, 0.3) is 0 Å². The number of ether oxygens (including phenoxy) is 2. The minimum absolute atomic E-state index is 0.00825. The van der Waals surface area contributed by atoms with E-state index in [1.54, 1.807) is 48.5 Å². The fraction of sp³-hybridized carbons (Fsp3) is 0.333. The van der Waals surface area contributed by atoms with Crippen molar-refractivity contribution in [2.45, 2.75) is 25.9 Å². The van der Waals surface area contributed by atoms with Gasteiger partial charge in [-0.2, -0.15) is 0 Å². The number of hydrogen-bond acceptors (Lipinski definition) is 6. The number of benzene rings is 2. The van der Waals surface area contributed by atoms with E-state index in [0.717, 1.165) is 5.56 Å². The lowest BCUT2D eigenvalue weighted by atomic mass is 10.0. The molecule has 2 aromatic rings. The lowest BCUT2D eigenvalue weighted by Gasteiger charge is -2.19. The van der Waals surface area contributed by atoms with Crippen molar-refractivity contribution in [1.82, 2.24) is 0 Å². The molecule has 0 heterocycles. The maximum absolute atomic E-state index is 12.3. The third kappa shape index (κ3) is 6.68. The summed E-state index contributed by atoms with van der Waals surface area (Å²) in [6.07, 6.45) is -0.215. The molecule has 0 saturated heterocycles. The van der Waals surface area contributed by atoms with Crippen molar-refractivity contribution in [3.63, 3.8) is 0 Å². The summed E-state index contributed by atoms with van der Waals surface area (Å²) in [5.74, 6) is 0.554. The van der Waals surface area contributed by atoms with Crippen molar-refractivity contribution in [2.75, 3.05) is 25.1 Å². The second kappa shape index (κ2) is 11.1. The second-order valence-electron chi connectivity index (χ2n) is 6.16. The molecular weight excluding hydrogens is 362 g/mol. The van der Waals surface area contributed by atoms with Crippen molar-refractivity contribution in [3.05, 3.63) is 59.7 Å². The highest BCUT2D eigenvalue weighted by atomic mass is 16.6. The predicted molar refractivity (Wildman–Crippen MR) is 105 cm³/mol. The van der Waals surface area contributed by atoms with E-state index in [0.29, 0.717) is 29.8 Å². The number of amides is 1. The molecule has 0 aliphatic rings. The van der Waals surface area contributed by atoms with Gasteiger partial charge in [-0.15, -0.1) is 0 Å². The molecule has 0 aliphatic heterocycles. The summed E-state index contributed by atoms with van der Waals surface area (Å²) in [4.78, 5) is 23.6. The molecule has 7 nitrogen and oxygen atoms in total. The monoisotopic (exact) mass is 387 g/mol. The Morgan fingerprint density at radius 1 is 1.00 bits per heavy atom. The minimum atomic E-state index is -0.626. The Balaban J connectivity index is 2.01. The molecule has 0 radical (unpaired) electrons. The van der Waals surface area contributed by atoms with Gasteiger partial charge in [0.2, 0.25) is 0 Å². The summed E-state index contributed by atoms with van der Waals surface area (Å²) in [5.41, 5.74) is 1.85. The van der Waals surface area contributed by atoms with E-state index in [1.807, 2.05) is 0 Å². The van der Waals surface area contributed by atoms with Gasteiger partial charge in [0.1, 0.15) is 18.5 Å². The number of ketones is 1. The molecule has 7 heteroatoms. The molecule has 0 bridgehead atoms. The predicted octanol–water partition coefficient (Wildman–Crippen LogP) is 3.32. The fourth-order valence-corrected chi connectivity index (χ4v) is 2.58. The van der Waals surface area contributed by atoms with Crippen molar-refractivity contribution in [2.24, 2.45) is 0 Å². The Morgan fingerprint density at radius 3 is 2.25 bits per heavy atom. The molecule has 1 atom stereocenters. The first-order chi connectivity index (χ1) is 13.5. The average molecular weight is 387 g/mol. The number of anilines is 1. The van der Waals surface area contributed by atoms with Gasteiger partial charge in [0.15, 0.2) is 5.78 Å². The van der Waals surface area contributed by atoms with Crippen LogP contribution in [0.1, 0.15) is 41.8 Å². The molecule has 2 aromatic carbocycles. The minimum Gasteiger partial charge on any atom is -0.491 e. The number of carbonyl (C=O) groups excluding carboxylic acids is 2. The maximum atomic E-state index is 12.3.